The number of hydrogen-bond acceptors (Lipinski definition) is 1. The highest BCUT2D eigenvalue weighted by molar-refractivity contribution is 5.66. The van der Waals surface area contributed by atoms with E-state index in [2.05, 4.69) is 6.07 Å². The lowest BCUT2D eigenvalue weighted by Gasteiger charge is -2.03. The van der Waals surface area contributed by atoms with Gasteiger partial charge in [0.15, 0.2) is 0 Å². The van der Waals surface area contributed by atoms with E-state index in [9.17, 15) is 0 Å². The molecule has 0 saturated carbocycles. The highest BCUT2D eigenvalue weighted by atomic mass is 16.3. The van der Waals surface area contributed by atoms with Crippen molar-refractivity contribution >= 4 is 0 Å². The molecule has 0 N–H and O–H groups in total. The standard InChI is InChI=1S/C14H10O/c1-2-5-11(6-3-1)14-10-9-12-7-4-8-13(12)15-14/h1-10H. The minimum atomic E-state index is 0.911. The van der Waals surface area contributed by atoms with E-state index >= 15 is 0 Å². The molecule has 1 nitrogen and oxygen atoms in total. The van der Waals surface area contributed by atoms with Gasteiger partial charge < -0.3 is 4.42 Å². The lowest BCUT2D eigenvalue weighted by molar-refractivity contribution is 0.583. The van der Waals surface area contributed by atoms with Crippen molar-refractivity contribution in [3.63, 3.8) is 0 Å². The Hall–Kier alpha value is -2.02. The SMILES string of the molecule is c1ccc(-c2ccc3cccc-3o2)cc1. The Morgan fingerprint density at radius 3 is 2.07 bits per heavy atom. The van der Waals surface area contributed by atoms with Crippen LogP contribution in [0.25, 0.3) is 22.6 Å². The molecule has 0 fully saturated rings. The fraction of sp³-hybridized carbons (Fsp3) is 0. The van der Waals surface area contributed by atoms with E-state index < -0.39 is 0 Å². The molecule has 0 radical (unpaired) electrons. The second kappa shape index (κ2) is 3.28. The van der Waals surface area contributed by atoms with Gasteiger partial charge in [-0.25, -0.2) is 0 Å². The fourth-order valence-corrected chi connectivity index (χ4v) is 1.72. The molecule has 1 heteroatoms. The Kier molecular flexibility index (Phi) is 1.82. The van der Waals surface area contributed by atoms with Gasteiger partial charge >= 0.3 is 0 Å². The van der Waals surface area contributed by atoms with Crippen molar-refractivity contribution in [1.82, 2.24) is 0 Å². The lowest BCUT2D eigenvalue weighted by Crippen LogP contribution is -1.79. The van der Waals surface area contributed by atoms with Crippen LogP contribution >= 0.6 is 0 Å². The molecule has 0 bridgehead atoms. The average molecular weight is 194 g/mol. The van der Waals surface area contributed by atoms with Gasteiger partial charge in [-0.15, -0.1) is 0 Å². The number of hydrogen-bond donors (Lipinski definition) is 0. The first-order valence-electron chi connectivity index (χ1n) is 4.97. The van der Waals surface area contributed by atoms with E-state index in [0.717, 1.165) is 22.6 Å². The van der Waals surface area contributed by atoms with Crippen LogP contribution in [0.15, 0.2) is 65.1 Å². The van der Waals surface area contributed by atoms with Crippen LogP contribution in [0.2, 0.25) is 0 Å². The molecule has 1 aromatic carbocycles. The summed E-state index contributed by atoms with van der Waals surface area (Å²) < 4.78 is 5.79. The van der Waals surface area contributed by atoms with Crippen molar-refractivity contribution in [3.8, 4) is 22.6 Å². The van der Waals surface area contributed by atoms with Gasteiger partial charge in [-0.3, -0.25) is 0 Å². The molecule has 1 heterocycles. The summed E-state index contributed by atoms with van der Waals surface area (Å²) in [6, 6.07) is 20.3. The Labute approximate surface area is 88.3 Å². The minimum Gasteiger partial charge on any atom is -0.456 e. The zero-order valence-electron chi connectivity index (χ0n) is 8.18. The van der Waals surface area contributed by atoms with E-state index in [0.29, 0.717) is 0 Å². The van der Waals surface area contributed by atoms with Gasteiger partial charge in [0.2, 0.25) is 0 Å². The molecule has 0 saturated heterocycles. The van der Waals surface area contributed by atoms with Crippen LogP contribution in [0, 0.1) is 0 Å². The van der Waals surface area contributed by atoms with Gasteiger partial charge in [0.1, 0.15) is 11.5 Å². The second-order valence-electron chi connectivity index (χ2n) is 3.51. The monoisotopic (exact) mass is 194 g/mol. The van der Waals surface area contributed by atoms with Crippen molar-refractivity contribution < 1.29 is 4.42 Å². The maximum absolute atomic E-state index is 5.79. The second-order valence-corrected chi connectivity index (χ2v) is 3.51. The topological polar surface area (TPSA) is 13.1 Å². The predicted octanol–water partition coefficient (Wildman–Crippen LogP) is 4.05. The van der Waals surface area contributed by atoms with Gasteiger partial charge in [0.05, 0.1) is 0 Å². The van der Waals surface area contributed by atoms with Gasteiger partial charge in [0, 0.05) is 11.1 Å². The van der Waals surface area contributed by atoms with Crippen LogP contribution in [0.1, 0.15) is 0 Å². The first-order valence-corrected chi connectivity index (χ1v) is 4.97. The molecule has 72 valence electrons. The molecule has 0 unspecified atom stereocenters. The van der Waals surface area contributed by atoms with Gasteiger partial charge in [0.25, 0.3) is 0 Å². The van der Waals surface area contributed by atoms with Crippen LogP contribution in [0.3, 0.4) is 0 Å². The van der Waals surface area contributed by atoms with Crippen LogP contribution in [0.4, 0.5) is 0 Å². The molecule has 1 aliphatic heterocycles. The van der Waals surface area contributed by atoms with Gasteiger partial charge in [-0.1, -0.05) is 42.5 Å². The van der Waals surface area contributed by atoms with Crippen LogP contribution in [-0.2, 0) is 0 Å². The molecule has 1 aromatic rings. The van der Waals surface area contributed by atoms with Crippen molar-refractivity contribution in [2.75, 3.05) is 0 Å². The molecule has 0 atom stereocenters. The molecule has 0 aromatic heterocycles. The van der Waals surface area contributed by atoms with E-state index in [1.807, 2.05) is 54.6 Å². The molecule has 1 aliphatic carbocycles. The summed E-state index contributed by atoms with van der Waals surface area (Å²) in [7, 11) is 0. The third-order valence-corrected chi connectivity index (χ3v) is 2.50. The van der Waals surface area contributed by atoms with Crippen molar-refractivity contribution in [2.24, 2.45) is 0 Å². The summed E-state index contributed by atoms with van der Waals surface area (Å²) in [6.45, 7) is 0. The zero-order chi connectivity index (χ0) is 10.1. The zero-order valence-corrected chi connectivity index (χ0v) is 8.18. The van der Waals surface area contributed by atoms with E-state index in [-0.39, 0.29) is 0 Å². The first-order chi connectivity index (χ1) is 7.43. The molecule has 0 spiro atoms. The quantitative estimate of drug-likeness (QED) is 0.569. The number of benzene rings is 1. The van der Waals surface area contributed by atoms with E-state index in [4.69, 9.17) is 4.42 Å². The molecule has 15 heavy (non-hydrogen) atoms. The van der Waals surface area contributed by atoms with Crippen molar-refractivity contribution in [1.29, 1.82) is 0 Å². The highest BCUT2D eigenvalue weighted by Gasteiger charge is 2.06. The maximum atomic E-state index is 5.79. The summed E-state index contributed by atoms with van der Waals surface area (Å²) in [5.41, 5.74) is 2.26. The third-order valence-electron chi connectivity index (χ3n) is 2.50. The number of fused-ring (bicyclic) bond motifs is 1. The molecule has 2 aliphatic rings. The predicted molar refractivity (Wildman–Crippen MR) is 60.8 cm³/mol. The number of rotatable bonds is 1. The lowest BCUT2D eigenvalue weighted by atomic mass is 10.1. The largest absolute Gasteiger partial charge is 0.456 e. The summed E-state index contributed by atoms with van der Waals surface area (Å²) in [4.78, 5) is 0. The van der Waals surface area contributed by atoms with Crippen molar-refractivity contribution in [2.45, 2.75) is 0 Å². The maximum Gasteiger partial charge on any atom is 0.134 e. The smallest absolute Gasteiger partial charge is 0.134 e. The Balaban J connectivity index is 2.17. The van der Waals surface area contributed by atoms with Gasteiger partial charge in [-0.2, -0.15) is 0 Å². The van der Waals surface area contributed by atoms with Crippen molar-refractivity contribution in [3.05, 3.63) is 60.7 Å². The van der Waals surface area contributed by atoms with E-state index in [1.54, 1.807) is 0 Å². The normalized spacial score (nSPS) is 10.7. The summed E-state index contributed by atoms with van der Waals surface area (Å²) >= 11 is 0. The summed E-state index contributed by atoms with van der Waals surface area (Å²) in [6.07, 6.45) is 0. The Morgan fingerprint density at radius 2 is 1.20 bits per heavy atom. The molecule has 0 amide bonds. The van der Waals surface area contributed by atoms with Crippen LogP contribution in [-0.4, -0.2) is 0 Å². The average Bonchev–Trinajstić information content (AvgIpc) is 2.77. The Morgan fingerprint density at radius 1 is 0.533 bits per heavy atom. The van der Waals surface area contributed by atoms with Crippen LogP contribution in [0.5, 0.6) is 0 Å². The fourth-order valence-electron chi connectivity index (χ4n) is 1.72. The third kappa shape index (κ3) is 1.42. The van der Waals surface area contributed by atoms with Crippen LogP contribution < -0.4 is 0 Å². The first kappa shape index (κ1) is 8.30. The summed E-state index contributed by atoms with van der Waals surface area (Å²) in [5.74, 6) is 1.85. The molecular formula is C14H10O. The highest BCUT2D eigenvalue weighted by Crippen LogP contribution is 2.28. The molecule has 3 rings (SSSR count). The minimum absolute atomic E-state index is 0.911. The Bertz CT molecular complexity index is 536. The molecular weight excluding hydrogens is 184 g/mol. The van der Waals surface area contributed by atoms with E-state index in [1.165, 1.54) is 0 Å². The van der Waals surface area contributed by atoms with Gasteiger partial charge in [-0.05, 0) is 18.2 Å². The summed E-state index contributed by atoms with van der Waals surface area (Å²) in [5, 5.41) is 0.